The lowest BCUT2D eigenvalue weighted by Crippen LogP contribution is -2.27. The van der Waals surface area contributed by atoms with Crippen molar-refractivity contribution < 1.29 is 35.1 Å². The van der Waals surface area contributed by atoms with Crippen molar-refractivity contribution in [3.63, 3.8) is 0 Å². The second-order valence-corrected chi connectivity index (χ2v) is 6.75. The van der Waals surface area contributed by atoms with Crippen LogP contribution in [0.15, 0.2) is 47.4 Å². The van der Waals surface area contributed by atoms with Crippen LogP contribution in [0.5, 0.6) is 5.75 Å². The van der Waals surface area contributed by atoms with E-state index >= 15 is 0 Å². The van der Waals surface area contributed by atoms with Crippen molar-refractivity contribution in [3.8, 4) is 5.75 Å². The van der Waals surface area contributed by atoms with Crippen molar-refractivity contribution in [1.82, 2.24) is 4.72 Å². The third-order valence-electron chi connectivity index (χ3n) is 3.14. The minimum absolute atomic E-state index is 0.180. The van der Waals surface area contributed by atoms with Crippen LogP contribution in [0.3, 0.4) is 0 Å². The summed E-state index contributed by atoms with van der Waals surface area (Å²) >= 11 is 0. The second-order valence-electron chi connectivity index (χ2n) is 5.04. The largest absolute Gasteiger partial charge is 0.573 e. The van der Waals surface area contributed by atoms with Crippen molar-refractivity contribution in [2.75, 3.05) is 0 Å². The molecule has 0 bridgehead atoms. The molecule has 0 spiro atoms. The summed E-state index contributed by atoms with van der Waals surface area (Å²) in [5, 5.41) is 0. The van der Waals surface area contributed by atoms with E-state index < -0.39 is 39.8 Å². The highest BCUT2D eigenvalue weighted by Crippen LogP contribution is 2.25. The topological polar surface area (TPSA) is 55.4 Å². The number of hydrogen-bond acceptors (Lipinski definition) is 3. The Morgan fingerprint density at radius 2 is 1.60 bits per heavy atom. The molecule has 0 radical (unpaired) electrons. The van der Waals surface area contributed by atoms with E-state index in [1.54, 1.807) is 0 Å². The van der Waals surface area contributed by atoms with Crippen LogP contribution in [0, 0.1) is 11.6 Å². The van der Waals surface area contributed by atoms with Crippen LogP contribution in [0.4, 0.5) is 22.0 Å². The predicted octanol–water partition coefficient (Wildman–Crippen LogP) is 3.90. The van der Waals surface area contributed by atoms with E-state index in [0.717, 1.165) is 36.4 Å². The summed E-state index contributed by atoms with van der Waals surface area (Å²) in [6.07, 6.45) is -4.89. The number of benzene rings is 2. The normalized spacial score (nSPS) is 13.5. The molecule has 0 fully saturated rings. The van der Waals surface area contributed by atoms with Crippen molar-refractivity contribution >= 4 is 10.0 Å². The first-order valence-corrected chi connectivity index (χ1v) is 8.29. The van der Waals surface area contributed by atoms with Crippen LogP contribution >= 0.6 is 0 Å². The molecule has 0 aliphatic carbocycles. The molecule has 0 aromatic heterocycles. The highest BCUT2D eigenvalue weighted by Gasteiger charge is 2.31. The maximum absolute atomic E-state index is 13.2. The maximum Gasteiger partial charge on any atom is 0.573 e. The number of hydrogen-bond donors (Lipinski definition) is 1. The van der Waals surface area contributed by atoms with E-state index in [4.69, 9.17) is 0 Å². The first-order valence-electron chi connectivity index (χ1n) is 6.81. The van der Waals surface area contributed by atoms with Gasteiger partial charge in [-0.3, -0.25) is 0 Å². The lowest BCUT2D eigenvalue weighted by Gasteiger charge is -2.15. The van der Waals surface area contributed by atoms with E-state index in [9.17, 15) is 30.4 Å². The average Bonchev–Trinajstić information content (AvgIpc) is 2.48. The number of halogens is 5. The number of nitrogens with one attached hydrogen (secondary N) is 1. The van der Waals surface area contributed by atoms with Crippen LogP contribution in [-0.4, -0.2) is 14.8 Å². The Labute approximate surface area is 140 Å². The molecule has 136 valence electrons. The van der Waals surface area contributed by atoms with E-state index in [1.807, 2.05) is 0 Å². The summed E-state index contributed by atoms with van der Waals surface area (Å²) in [5.74, 6) is -2.77. The summed E-state index contributed by atoms with van der Waals surface area (Å²) in [6, 6.07) is 5.59. The second kappa shape index (κ2) is 6.96. The van der Waals surface area contributed by atoms with Gasteiger partial charge in [-0.25, -0.2) is 21.9 Å². The van der Waals surface area contributed by atoms with Gasteiger partial charge in [0, 0.05) is 6.04 Å². The smallest absolute Gasteiger partial charge is 0.406 e. The average molecular weight is 381 g/mol. The molecular weight excluding hydrogens is 369 g/mol. The van der Waals surface area contributed by atoms with E-state index in [-0.39, 0.29) is 10.5 Å². The van der Waals surface area contributed by atoms with Crippen molar-refractivity contribution in [1.29, 1.82) is 0 Å². The van der Waals surface area contributed by atoms with Gasteiger partial charge in [-0.2, -0.15) is 0 Å². The van der Waals surface area contributed by atoms with Gasteiger partial charge in [-0.1, -0.05) is 6.07 Å². The molecule has 0 saturated carbocycles. The van der Waals surface area contributed by atoms with E-state index in [2.05, 4.69) is 9.46 Å². The van der Waals surface area contributed by atoms with Gasteiger partial charge < -0.3 is 4.74 Å². The third kappa shape index (κ3) is 5.13. The number of sulfonamides is 1. The molecule has 25 heavy (non-hydrogen) atoms. The highest BCUT2D eigenvalue weighted by atomic mass is 32.2. The lowest BCUT2D eigenvalue weighted by atomic mass is 10.1. The van der Waals surface area contributed by atoms with Crippen molar-refractivity contribution in [3.05, 3.63) is 59.7 Å². The standard InChI is InChI=1S/C15H12F5NO3S/c1-9(10-2-7-13(16)14(17)8-10)21-25(22,23)12-5-3-11(4-6-12)24-15(18,19)20/h2-9,21H,1H3/t9-/m0/s1. The van der Waals surface area contributed by atoms with Crippen molar-refractivity contribution in [2.45, 2.75) is 24.2 Å². The summed E-state index contributed by atoms with van der Waals surface area (Å²) in [4.78, 5) is -0.309. The van der Waals surface area contributed by atoms with Gasteiger partial charge in [0.25, 0.3) is 0 Å². The molecule has 2 aromatic rings. The van der Waals surface area contributed by atoms with Gasteiger partial charge in [-0.15, -0.1) is 13.2 Å². The molecule has 2 rings (SSSR count). The van der Waals surface area contributed by atoms with Gasteiger partial charge in [-0.05, 0) is 48.9 Å². The molecular formula is C15H12F5NO3S. The number of ether oxygens (including phenoxy) is 1. The fourth-order valence-corrected chi connectivity index (χ4v) is 3.20. The molecule has 2 aromatic carbocycles. The van der Waals surface area contributed by atoms with Gasteiger partial charge in [0.2, 0.25) is 10.0 Å². The number of alkyl halides is 3. The molecule has 0 aliphatic heterocycles. The van der Waals surface area contributed by atoms with Gasteiger partial charge >= 0.3 is 6.36 Å². The zero-order valence-corrected chi connectivity index (χ0v) is 13.5. The molecule has 10 heteroatoms. The van der Waals surface area contributed by atoms with Gasteiger partial charge in [0.05, 0.1) is 4.90 Å². The number of rotatable bonds is 5. The Hall–Kier alpha value is -2.20. The molecule has 0 unspecified atom stereocenters. The Bertz CT molecular complexity index is 850. The predicted molar refractivity (Wildman–Crippen MR) is 78.2 cm³/mol. The first kappa shape index (κ1) is 19.1. The summed E-state index contributed by atoms with van der Waals surface area (Å²) < 4.78 is 92.7. The SMILES string of the molecule is C[C@H](NS(=O)(=O)c1ccc(OC(F)(F)F)cc1)c1ccc(F)c(F)c1. The molecule has 0 heterocycles. The Balaban J connectivity index is 2.16. The molecule has 0 amide bonds. The minimum Gasteiger partial charge on any atom is -0.406 e. The highest BCUT2D eigenvalue weighted by molar-refractivity contribution is 7.89. The van der Waals surface area contributed by atoms with Crippen LogP contribution in [0.1, 0.15) is 18.5 Å². The Kier molecular flexibility index (Phi) is 5.33. The molecule has 0 aliphatic rings. The van der Waals surface area contributed by atoms with Crippen LogP contribution < -0.4 is 9.46 Å². The molecule has 4 nitrogen and oxygen atoms in total. The fraction of sp³-hybridized carbons (Fsp3) is 0.200. The Morgan fingerprint density at radius 3 is 2.12 bits per heavy atom. The summed E-state index contributed by atoms with van der Waals surface area (Å²) in [5.41, 5.74) is 0.180. The molecule has 0 saturated heterocycles. The monoisotopic (exact) mass is 381 g/mol. The summed E-state index contributed by atoms with van der Waals surface area (Å²) in [7, 11) is -4.09. The van der Waals surface area contributed by atoms with E-state index in [1.165, 1.54) is 13.0 Å². The summed E-state index contributed by atoms with van der Waals surface area (Å²) in [6.45, 7) is 1.41. The fourth-order valence-electron chi connectivity index (χ4n) is 1.97. The van der Waals surface area contributed by atoms with Crippen LogP contribution in [0.2, 0.25) is 0 Å². The minimum atomic E-state index is -4.89. The Morgan fingerprint density at radius 1 is 1.00 bits per heavy atom. The van der Waals surface area contributed by atoms with E-state index in [0.29, 0.717) is 0 Å². The first-order chi connectivity index (χ1) is 11.5. The zero-order valence-electron chi connectivity index (χ0n) is 12.6. The van der Waals surface area contributed by atoms with Crippen LogP contribution in [-0.2, 0) is 10.0 Å². The molecule has 1 atom stereocenters. The van der Waals surface area contributed by atoms with Crippen LogP contribution in [0.25, 0.3) is 0 Å². The van der Waals surface area contributed by atoms with Crippen molar-refractivity contribution in [2.24, 2.45) is 0 Å². The van der Waals surface area contributed by atoms with Gasteiger partial charge in [0.15, 0.2) is 11.6 Å². The zero-order chi connectivity index (χ0) is 18.8. The lowest BCUT2D eigenvalue weighted by molar-refractivity contribution is -0.274. The quantitative estimate of drug-likeness (QED) is 0.800. The molecule has 1 N–H and O–H groups in total. The third-order valence-corrected chi connectivity index (χ3v) is 4.70. The maximum atomic E-state index is 13.2. The van der Waals surface area contributed by atoms with Gasteiger partial charge in [0.1, 0.15) is 5.75 Å².